The predicted molar refractivity (Wildman–Crippen MR) is 59.4 cm³/mol. The third kappa shape index (κ3) is 1.82. The van der Waals surface area contributed by atoms with Crippen LogP contribution in [0.25, 0.3) is 0 Å². The summed E-state index contributed by atoms with van der Waals surface area (Å²) >= 11 is 0. The molecule has 0 spiro atoms. The Balaban J connectivity index is 1.78. The summed E-state index contributed by atoms with van der Waals surface area (Å²) < 4.78 is 10.4. The van der Waals surface area contributed by atoms with Crippen LogP contribution in [0.4, 0.5) is 0 Å². The number of aryl methyl sites for hydroxylation is 1. The van der Waals surface area contributed by atoms with Gasteiger partial charge in [-0.15, -0.1) is 0 Å². The summed E-state index contributed by atoms with van der Waals surface area (Å²) in [5, 5.41) is 0. The molecule has 0 amide bonds. The zero-order valence-electron chi connectivity index (χ0n) is 9.13. The Labute approximate surface area is 98.2 Å². The number of ether oxygens (including phenoxy) is 1. The highest BCUT2D eigenvalue weighted by Crippen LogP contribution is 2.32. The molecule has 0 aliphatic heterocycles. The van der Waals surface area contributed by atoms with Gasteiger partial charge in [0.1, 0.15) is 6.10 Å². The van der Waals surface area contributed by atoms with E-state index < -0.39 is 5.97 Å². The second-order valence-electron chi connectivity index (χ2n) is 3.96. The third-order valence-electron chi connectivity index (χ3n) is 2.88. The van der Waals surface area contributed by atoms with Crippen LogP contribution < -0.4 is 0 Å². The number of carbonyl (C=O) groups is 1. The smallest absolute Gasteiger partial charge is 0.374 e. The zero-order valence-corrected chi connectivity index (χ0v) is 9.13. The largest absolute Gasteiger partial charge is 0.457 e. The molecule has 0 saturated heterocycles. The van der Waals surface area contributed by atoms with E-state index >= 15 is 0 Å². The second kappa shape index (κ2) is 4.05. The Kier molecular flexibility index (Phi) is 2.40. The van der Waals surface area contributed by atoms with Crippen LogP contribution in [-0.4, -0.2) is 11.0 Å². The first-order chi connectivity index (χ1) is 8.34. The number of esters is 1. The molecule has 0 bridgehead atoms. The molecule has 1 aliphatic rings. The van der Waals surface area contributed by atoms with Crippen molar-refractivity contribution in [2.45, 2.75) is 18.9 Å². The maximum absolute atomic E-state index is 11.7. The van der Waals surface area contributed by atoms with E-state index in [0.29, 0.717) is 0 Å². The van der Waals surface area contributed by atoms with Gasteiger partial charge in [-0.1, -0.05) is 6.07 Å². The first kappa shape index (κ1) is 10.1. The summed E-state index contributed by atoms with van der Waals surface area (Å²) in [5.41, 5.74) is 2.03. The maximum atomic E-state index is 11.7. The Morgan fingerprint density at radius 1 is 1.41 bits per heavy atom. The highest BCUT2D eigenvalue weighted by atomic mass is 16.6. The fraction of sp³-hybridized carbons (Fsp3) is 0.231. The molecule has 1 unspecified atom stereocenters. The molecule has 0 N–H and O–H groups in total. The molecule has 4 heteroatoms. The van der Waals surface area contributed by atoms with Crippen molar-refractivity contribution < 1.29 is 13.9 Å². The summed E-state index contributed by atoms with van der Waals surface area (Å²) in [4.78, 5) is 16.0. The van der Waals surface area contributed by atoms with Crippen molar-refractivity contribution in [2.75, 3.05) is 0 Å². The van der Waals surface area contributed by atoms with Crippen molar-refractivity contribution in [1.82, 2.24) is 4.98 Å². The minimum Gasteiger partial charge on any atom is -0.457 e. The van der Waals surface area contributed by atoms with E-state index in [1.165, 1.54) is 6.26 Å². The zero-order chi connectivity index (χ0) is 11.7. The lowest BCUT2D eigenvalue weighted by molar-refractivity contribution is 0.0257. The standard InChI is InChI=1S/C13H11NO3/c15-13(11-4-2-8-16-11)17-10-6-5-9-3-1-7-14-12(9)10/h1-4,7-8,10H,5-6H2. The minimum atomic E-state index is -0.432. The fourth-order valence-electron chi connectivity index (χ4n) is 2.07. The van der Waals surface area contributed by atoms with Gasteiger partial charge in [-0.3, -0.25) is 4.98 Å². The SMILES string of the molecule is O=C(OC1CCc2cccnc21)c1ccco1. The molecule has 2 aromatic heterocycles. The number of hydrogen-bond acceptors (Lipinski definition) is 4. The van der Waals surface area contributed by atoms with Crippen LogP contribution in [0, 0.1) is 0 Å². The normalized spacial score (nSPS) is 17.8. The van der Waals surface area contributed by atoms with E-state index in [0.717, 1.165) is 24.1 Å². The van der Waals surface area contributed by atoms with Gasteiger partial charge in [0.25, 0.3) is 0 Å². The lowest BCUT2D eigenvalue weighted by Gasteiger charge is -2.10. The summed E-state index contributed by atoms with van der Waals surface area (Å²) in [6.45, 7) is 0. The number of furan rings is 1. The topological polar surface area (TPSA) is 52.3 Å². The molecule has 4 nitrogen and oxygen atoms in total. The van der Waals surface area contributed by atoms with Gasteiger partial charge in [0.05, 0.1) is 12.0 Å². The molecule has 86 valence electrons. The lowest BCUT2D eigenvalue weighted by atomic mass is 10.2. The Morgan fingerprint density at radius 2 is 2.35 bits per heavy atom. The summed E-state index contributed by atoms with van der Waals surface area (Å²) in [7, 11) is 0. The molecule has 17 heavy (non-hydrogen) atoms. The van der Waals surface area contributed by atoms with Crippen LogP contribution >= 0.6 is 0 Å². The number of hydrogen-bond donors (Lipinski definition) is 0. The average molecular weight is 229 g/mol. The molecule has 3 rings (SSSR count). The number of carbonyl (C=O) groups excluding carboxylic acids is 1. The lowest BCUT2D eigenvalue weighted by Crippen LogP contribution is -2.09. The number of pyridine rings is 1. The summed E-state index contributed by atoms with van der Waals surface area (Å²) in [6, 6.07) is 7.17. The number of rotatable bonds is 2. The summed E-state index contributed by atoms with van der Waals surface area (Å²) in [5.74, 6) is -0.201. The molecule has 1 atom stereocenters. The van der Waals surface area contributed by atoms with Crippen LogP contribution in [0.1, 0.15) is 34.3 Å². The first-order valence-electron chi connectivity index (χ1n) is 5.53. The van der Waals surface area contributed by atoms with Gasteiger partial charge in [0, 0.05) is 6.20 Å². The molecule has 0 radical (unpaired) electrons. The van der Waals surface area contributed by atoms with Gasteiger partial charge >= 0.3 is 5.97 Å². The predicted octanol–water partition coefficient (Wildman–Crippen LogP) is 2.52. The average Bonchev–Trinajstić information content (AvgIpc) is 2.98. The fourth-order valence-corrected chi connectivity index (χ4v) is 2.07. The van der Waals surface area contributed by atoms with Crippen LogP contribution in [0.5, 0.6) is 0 Å². The van der Waals surface area contributed by atoms with Crippen molar-refractivity contribution in [3.8, 4) is 0 Å². The molecule has 1 aliphatic carbocycles. The molecule has 0 fully saturated rings. The molecular weight excluding hydrogens is 218 g/mol. The van der Waals surface area contributed by atoms with E-state index in [-0.39, 0.29) is 11.9 Å². The van der Waals surface area contributed by atoms with Crippen molar-refractivity contribution in [3.05, 3.63) is 53.7 Å². The monoisotopic (exact) mass is 229 g/mol. The number of fused-ring (bicyclic) bond motifs is 1. The van der Waals surface area contributed by atoms with Gasteiger partial charge < -0.3 is 9.15 Å². The third-order valence-corrected chi connectivity index (χ3v) is 2.88. The van der Waals surface area contributed by atoms with E-state index in [1.807, 2.05) is 12.1 Å². The van der Waals surface area contributed by atoms with Crippen molar-refractivity contribution in [2.24, 2.45) is 0 Å². The summed E-state index contributed by atoms with van der Waals surface area (Å²) in [6.07, 6.45) is 4.62. The first-order valence-corrected chi connectivity index (χ1v) is 5.53. The quantitative estimate of drug-likeness (QED) is 0.742. The van der Waals surface area contributed by atoms with Gasteiger partial charge in [0.2, 0.25) is 5.76 Å². The number of nitrogens with zero attached hydrogens (tertiary/aromatic N) is 1. The van der Waals surface area contributed by atoms with Gasteiger partial charge in [-0.05, 0) is 36.6 Å². The molecule has 0 saturated carbocycles. The van der Waals surface area contributed by atoms with Crippen LogP contribution in [-0.2, 0) is 11.2 Å². The maximum Gasteiger partial charge on any atom is 0.374 e. The van der Waals surface area contributed by atoms with Crippen LogP contribution in [0.2, 0.25) is 0 Å². The minimum absolute atomic E-state index is 0.231. The van der Waals surface area contributed by atoms with Crippen LogP contribution in [0.15, 0.2) is 41.1 Å². The second-order valence-corrected chi connectivity index (χ2v) is 3.96. The Morgan fingerprint density at radius 3 is 3.18 bits per heavy atom. The highest BCUT2D eigenvalue weighted by Gasteiger charge is 2.27. The molecule has 0 aromatic carbocycles. The van der Waals surface area contributed by atoms with Gasteiger partial charge in [-0.2, -0.15) is 0 Å². The molecular formula is C13H11NO3. The molecule has 2 heterocycles. The van der Waals surface area contributed by atoms with Crippen molar-refractivity contribution in [3.63, 3.8) is 0 Å². The van der Waals surface area contributed by atoms with Gasteiger partial charge in [-0.25, -0.2) is 4.79 Å². The Bertz CT molecular complexity index is 533. The van der Waals surface area contributed by atoms with Gasteiger partial charge in [0.15, 0.2) is 0 Å². The highest BCUT2D eigenvalue weighted by molar-refractivity contribution is 5.86. The molecule has 2 aromatic rings. The van der Waals surface area contributed by atoms with Crippen LogP contribution in [0.3, 0.4) is 0 Å². The van der Waals surface area contributed by atoms with E-state index in [2.05, 4.69) is 4.98 Å². The van der Waals surface area contributed by atoms with Crippen molar-refractivity contribution >= 4 is 5.97 Å². The van der Waals surface area contributed by atoms with E-state index in [4.69, 9.17) is 9.15 Å². The Hall–Kier alpha value is -2.10. The van der Waals surface area contributed by atoms with Crippen molar-refractivity contribution in [1.29, 1.82) is 0 Å². The van der Waals surface area contributed by atoms with E-state index in [1.54, 1.807) is 18.3 Å². The van der Waals surface area contributed by atoms with E-state index in [9.17, 15) is 4.79 Å². The number of aromatic nitrogens is 1.